The van der Waals surface area contributed by atoms with E-state index in [4.69, 9.17) is 15.2 Å². The van der Waals surface area contributed by atoms with E-state index in [0.717, 1.165) is 17.0 Å². The number of anilines is 2. The molecule has 1 amide bonds. The van der Waals surface area contributed by atoms with Crippen molar-refractivity contribution in [3.8, 4) is 11.8 Å². The molecule has 0 spiro atoms. The van der Waals surface area contributed by atoms with Crippen LogP contribution in [0.2, 0.25) is 0 Å². The first kappa shape index (κ1) is 21.6. The Bertz CT molecular complexity index is 1060. The summed E-state index contributed by atoms with van der Waals surface area (Å²) in [5.41, 5.74) is 8.11. The third-order valence-corrected chi connectivity index (χ3v) is 5.70. The lowest BCUT2D eigenvalue weighted by Crippen LogP contribution is -2.37. The number of rotatable bonds is 5. The lowest BCUT2D eigenvalue weighted by Gasteiger charge is -2.36. The summed E-state index contributed by atoms with van der Waals surface area (Å²) in [6, 6.07) is 7.83. The predicted molar refractivity (Wildman–Crippen MR) is 120 cm³/mol. The molecule has 166 valence electrons. The smallest absolute Gasteiger partial charge is 0.261 e. The van der Waals surface area contributed by atoms with Crippen LogP contribution in [0.3, 0.4) is 0 Å². The van der Waals surface area contributed by atoms with Gasteiger partial charge in [-0.15, -0.1) is 0 Å². The normalized spacial score (nSPS) is 20.6. The number of aromatic nitrogens is 2. The van der Waals surface area contributed by atoms with Crippen LogP contribution in [-0.2, 0) is 16.0 Å². The maximum atomic E-state index is 13.1. The molecule has 2 aromatic rings. The lowest BCUT2D eigenvalue weighted by atomic mass is 9.80. The molecule has 3 heterocycles. The molecule has 4 rings (SSSR count). The second-order valence-electron chi connectivity index (χ2n) is 8.29. The molecule has 0 saturated carbocycles. The van der Waals surface area contributed by atoms with E-state index in [-0.39, 0.29) is 16.8 Å². The van der Waals surface area contributed by atoms with Gasteiger partial charge in [-0.3, -0.25) is 4.79 Å². The summed E-state index contributed by atoms with van der Waals surface area (Å²) < 4.78 is 11.5. The number of nitrogens with zero attached hydrogens (tertiary/aromatic N) is 4. The Hall–Kier alpha value is -3.64. The largest absolute Gasteiger partial charge is 0.493 e. The molecule has 0 aliphatic carbocycles. The van der Waals surface area contributed by atoms with Crippen molar-refractivity contribution in [2.75, 3.05) is 43.1 Å². The van der Waals surface area contributed by atoms with E-state index >= 15 is 0 Å². The molecule has 0 bridgehead atoms. The van der Waals surface area contributed by atoms with E-state index in [1.165, 1.54) is 6.20 Å². The van der Waals surface area contributed by atoms with Gasteiger partial charge in [0.15, 0.2) is 5.82 Å². The molecule has 9 heteroatoms. The molecule has 32 heavy (non-hydrogen) atoms. The molecule has 0 radical (unpaired) electrons. The van der Waals surface area contributed by atoms with Gasteiger partial charge in [0.2, 0.25) is 0 Å². The second kappa shape index (κ2) is 9.24. The fraction of sp³-hybridized carbons (Fsp3) is 0.391. The van der Waals surface area contributed by atoms with Crippen molar-refractivity contribution in [3.63, 3.8) is 0 Å². The fourth-order valence-electron chi connectivity index (χ4n) is 4.00. The van der Waals surface area contributed by atoms with Gasteiger partial charge < -0.3 is 25.4 Å². The first-order valence-electron chi connectivity index (χ1n) is 10.5. The van der Waals surface area contributed by atoms with E-state index < -0.39 is 5.91 Å². The molecule has 1 aromatic carbocycles. The summed E-state index contributed by atoms with van der Waals surface area (Å²) in [5, 5.41) is 12.2. The summed E-state index contributed by atoms with van der Waals surface area (Å²) in [4.78, 5) is 23.6. The molecule has 3 N–H and O–H groups in total. The molecule has 1 unspecified atom stereocenters. The van der Waals surface area contributed by atoms with Gasteiger partial charge in [0.1, 0.15) is 5.75 Å². The zero-order chi connectivity index (χ0) is 22.6. The van der Waals surface area contributed by atoms with Crippen molar-refractivity contribution >= 4 is 22.9 Å². The van der Waals surface area contributed by atoms with Crippen molar-refractivity contribution in [1.82, 2.24) is 9.97 Å². The minimum Gasteiger partial charge on any atom is -0.493 e. The maximum Gasteiger partial charge on any atom is 0.261 e. The van der Waals surface area contributed by atoms with Crippen LogP contribution in [0.15, 0.2) is 36.8 Å². The van der Waals surface area contributed by atoms with Crippen molar-refractivity contribution in [2.45, 2.75) is 19.8 Å². The van der Waals surface area contributed by atoms with Gasteiger partial charge in [-0.2, -0.15) is 5.26 Å². The third-order valence-electron chi connectivity index (χ3n) is 5.70. The molecule has 2 aliphatic rings. The summed E-state index contributed by atoms with van der Waals surface area (Å²) in [5.74, 6) is 0.633. The molecular weight excluding hydrogens is 408 g/mol. The van der Waals surface area contributed by atoms with Crippen molar-refractivity contribution < 1.29 is 14.3 Å². The number of hydrogen-bond donors (Lipinski definition) is 2. The molecular formula is C23H26N6O3. The maximum absolute atomic E-state index is 13.1. The Labute approximate surface area is 186 Å². The van der Waals surface area contributed by atoms with Gasteiger partial charge in [0.25, 0.3) is 5.91 Å². The first-order chi connectivity index (χ1) is 15.5. The van der Waals surface area contributed by atoms with Gasteiger partial charge >= 0.3 is 0 Å². The third kappa shape index (κ3) is 4.50. The number of hydrogen-bond acceptors (Lipinski definition) is 8. The molecule has 1 saturated heterocycles. The highest BCUT2D eigenvalue weighted by atomic mass is 16.5. The number of nitrogens with one attached hydrogen (secondary N) is 1. The van der Waals surface area contributed by atoms with E-state index in [2.05, 4.69) is 26.3 Å². The number of benzene rings is 1. The van der Waals surface area contributed by atoms with Gasteiger partial charge in [0.05, 0.1) is 42.8 Å². The van der Waals surface area contributed by atoms with Gasteiger partial charge in [-0.25, -0.2) is 9.97 Å². The number of amides is 1. The Morgan fingerprint density at radius 1 is 1.34 bits per heavy atom. The Morgan fingerprint density at radius 3 is 2.78 bits per heavy atom. The number of fused-ring (bicyclic) bond motifs is 1. The van der Waals surface area contributed by atoms with Crippen LogP contribution in [0.25, 0.3) is 5.57 Å². The molecule has 1 fully saturated rings. The van der Waals surface area contributed by atoms with Crippen LogP contribution in [0.5, 0.6) is 5.75 Å². The number of ether oxygens (including phenoxy) is 2. The molecule has 9 nitrogen and oxygen atoms in total. The standard InChI is InChI=1S/C23H26N6O3/c1-23(3-4-24)13-16-11-18(28-22(30)17(14-25)21-26-5-2-6-27-21)19(12-20(16)32-15-23)29-7-9-31-10-8-29/h2,5-6,11-12,14H,3,7-10,13,15,25H2,1H3,(H,28,30). The Kier molecular flexibility index (Phi) is 6.23. The van der Waals surface area contributed by atoms with Gasteiger partial charge in [-0.05, 0) is 24.1 Å². The van der Waals surface area contributed by atoms with E-state index in [0.29, 0.717) is 51.4 Å². The van der Waals surface area contributed by atoms with Gasteiger partial charge in [-0.1, -0.05) is 6.92 Å². The van der Waals surface area contributed by atoms with Crippen molar-refractivity contribution in [1.29, 1.82) is 5.26 Å². The predicted octanol–water partition coefficient (Wildman–Crippen LogP) is 2.11. The van der Waals surface area contributed by atoms with Crippen molar-refractivity contribution in [2.24, 2.45) is 11.1 Å². The number of carbonyl (C=O) groups excluding carboxylic acids is 1. The number of morpholine rings is 1. The SMILES string of the molecule is CC1(CC#N)COc2cc(N3CCOCC3)c(NC(=O)C(=CN)c3ncccn3)cc2C1. The van der Waals surface area contributed by atoms with Crippen LogP contribution >= 0.6 is 0 Å². The highest BCUT2D eigenvalue weighted by Crippen LogP contribution is 2.42. The fourth-order valence-corrected chi connectivity index (χ4v) is 4.00. The minimum absolute atomic E-state index is 0.182. The average Bonchev–Trinajstić information content (AvgIpc) is 2.80. The van der Waals surface area contributed by atoms with Crippen LogP contribution < -0.4 is 20.7 Å². The van der Waals surface area contributed by atoms with Gasteiger partial charge in [0, 0.05) is 49.6 Å². The van der Waals surface area contributed by atoms with Crippen LogP contribution in [-0.4, -0.2) is 48.8 Å². The second-order valence-corrected chi connectivity index (χ2v) is 8.29. The monoisotopic (exact) mass is 434 g/mol. The van der Waals surface area contributed by atoms with Crippen molar-refractivity contribution in [3.05, 3.63) is 48.2 Å². The summed E-state index contributed by atoms with van der Waals surface area (Å²) in [7, 11) is 0. The van der Waals surface area contributed by atoms with Crippen LogP contribution in [0.1, 0.15) is 24.7 Å². The summed E-state index contributed by atoms with van der Waals surface area (Å²) in [6.07, 6.45) is 5.41. The summed E-state index contributed by atoms with van der Waals surface area (Å²) in [6.45, 7) is 5.14. The van der Waals surface area contributed by atoms with Crippen LogP contribution in [0, 0.1) is 16.7 Å². The highest BCUT2D eigenvalue weighted by molar-refractivity contribution is 6.24. The molecule has 1 atom stereocenters. The lowest BCUT2D eigenvalue weighted by molar-refractivity contribution is -0.111. The highest BCUT2D eigenvalue weighted by Gasteiger charge is 2.33. The summed E-state index contributed by atoms with van der Waals surface area (Å²) >= 11 is 0. The first-order valence-corrected chi connectivity index (χ1v) is 10.5. The topological polar surface area (TPSA) is 126 Å². The minimum atomic E-state index is -0.398. The number of nitriles is 1. The van der Waals surface area contributed by atoms with E-state index in [9.17, 15) is 10.1 Å². The molecule has 2 aliphatic heterocycles. The Morgan fingerprint density at radius 2 is 2.09 bits per heavy atom. The molecule has 1 aromatic heterocycles. The number of carbonyl (C=O) groups is 1. The average molecular weight is 435 g/mol. The van der Waals surface area contributed by atoms with E-state index in [1.54, 1.807) is 18.5 Å². The number of nitrogens with two attached hydrogens (primary N) is 1. The zero-order valence-electron chi connectivity index (χ0n) is 18.0. The zero-order valence-corrected chi connectivity index (χ0v) is 18.0. The van der Waals surface area contributed by atoms with Crippen LogP contribution in [0.4, 0.5) is 11.4 Å². The Balaban J connectivity index is 1.69. The van der Waals surface area contributed by atoms with E-state index in [1.807, 2.05) is 19.1 Å². The quantitative estimate of drug-likeness (QED) is 0.685.